The third-order valence-corrected chi connectivity index (χ3v) is 5.03. The van der Waals surface area contributed by atoms with Crippen LogP contribution in [-0.2, 0) is 6.54 Å². The van der Waals surface area contributed by atoms with Crippen LogP contribution < -0.4 is 10.1 Å². The van der Waals surface area contributed by atoms with Crippen molar-refractivity contribution in [2.75, 3.05) is 34.3 Å². The quantitative estimate of drug-likeness (QED) is 0.781. The summed E-state index contributed by atoms with van der Waals surface area (Å²) in [7, 11) is 5.69. The van der Waals surface area contributed by atoms with Crippen molar-refractivity contribution in [2.24, 2.45) is 0 Å². The largest absolute Gasteiger partial charge is 0.497 e. The minimum absolute atomic E-state index is 0.0312. The lowest BCUT2D eigenvalue weighted by Crippen LogP contribution is -2.42. The molecule has 0 bridgehead atoms. The number of likely N-dealkylation sites (N-methyl/N-ethyl adjacent to an activating group) is 1. The molecule has 1 heterocycles. The molecule has 2 aromatic rings. The second-order valence-electron chi connectivity index (χ2n) is 6.03. The number of benzene rings is 1. The van der Waals surface area contributed by atoms with Crippen molar-refractivity contribution in [1.29, 1.82) is 0 Å². The van der Waals surface area contributed by atoms with Gasteiger partial charge in [0.15, 0.2) is 0 Å². The molecule has 0 fully saturated rings. The lowest BCUT2D eigenvalue weighted by molar-refractivity contribution is 0.193. The van der Waals surface area contributed by atoms with Gasteiger partial charge in [0.1, 0.15) is 5.75 Å². The van der Waals surface area contributed by atoms with Gasteiger partial charge in [-0.25, -0.2) is 4.79 Å². The van der Waals surface area contributed by atoms with Crippen LogP contribution in [0.3, 0.4) is 0 Å². The number of amides is 2. The fourth-order valence-electron chi connectivity index (χ4n) is 2.64. The number of ether oxygens (including phenoxy) is 1. The lowest BCUT2D eigenvalue weighted by Gasteiger charge is -2.27. The van der Waals surface area contributed by atoms with Crippen LogP contribution >= 0.6 is 11.3 Å². The molecule has 1 aromatic heterocycles. The molecule has 1 unspecified atom stereocenters. The van der Waals surface area contributed by atoms with Crippen molar-refractivity contribution in [3.8, 4) is 5.75 Å². The third-order valence-electron chi connectivity index (χ3n) is 4.17. The fraction of sp³-hybridized carbons (Fsp3) is 0.421. The molecule has 2 amide bonds. The zero-order chi connectivity index (χ0) is 18.2. The van der Waals surface area contributed by atoms with Gasteiger partial charge in [0.05, 0.1) is 19.7 Å². The minimum atomic E-state index is -0.0312. The Labute approximate surface area is 154 Å². The first-order chi connectivity index (χ1) is 12.0. The summed E-state index contributed by atoms with van der Waals surface area (Å²) >= 11 is 1.67. The second kappa shape index (κ2) is 9.44. The molecule has 1 N–H and O–H groups in total. The van der Waals surface area contributed by atoms with Gasteiger partial charge < -0.3 is 19.9 Å². The predicted molar refractivity (Wildman–Crippen MR) is 103 cm³/mol. The van der Waals surface area contributed by atoms with E-state index < -0.39 is 0 Å². The highest BCUT2D eigenvalue weighted by Gasteiger charge is 2.18. The average Bonchev–Trinajstić information content (AvgIpc) is 3.13. The zero-order valence-electron chi connectivity index (χ0n) is 15.4. The molecule has 136 valence electrons. The van der Waals surface area contributed by atoms with E-state index in [0.29, 0.717) is 19.6 Å². The van der Waals surface area contributed by atoms with Crippen LogP contribution in [0.4, 0.5) is 4.79 Å². The van der Waals surface area contributed by atoms with Crippen LogP contribution in [0.1, 0.15) is 23.4 Å². The van der Waals surface area contributed by atoms with Gasteiger partial charge in [-0.05, 0) is 50.2 Å². The molecule has 0 saturated heterocycles. The predicted octanol–water partition coefficient (Wildman–Crippen LogP) is 3.59. The van der Waals surface area contributed by atoms with E-state index in [1.807, 2.05) is 61.6 Å². The molecule has 0 radical (unpaired) electrons. The van der Waals surface area contributed by atoms with Gasteiger partial charge in [-0.15, -0.1) is 11.3 Å². The van der Waals surface area contributed by atoms with Gasteiger partial charge in [-0.2, -0.15) is 0 Å². The van der Waals surface area contributed by atoms with E-state index in [4.69, 9.17) is 4.74 Å². The summed E-state index contributed by atoms with van der Waals surface area (Å²) in [5.41, 5.74) is 1.15. The molecule has 6 heteroatoms. The van der Waals surface area contributed by atoms with Gasteiger partial charge in [0.25, 0.3) is 0 Å². The fourth-order valence-corrected chi connectivity index (χ4v) is 3.36. The highest BCUT2D eigenvalue weighted by Crippen LogP contribution is 2.21. The number of urea groups is 1. The van der Waals surface area contributed by atoms with Gasteiger partial charge in [-0.3, -0.25) is 0 Å². The van der Waals surface area contributed by atoms with E-state index in [1.54, 1.807) is 18.4 Å². The maximum absolute atomic E-state index is 12.5. The molecular weight excluding hydrogens is 334 g/mol. The molecule has 25 heavy (non-hydrogen) atoms. The van der Waals surface area contributed by atoms with Crippen molar-refractivity contribution in [2.45, 2.75) is 19.5 Å². The molecule has 0 saturated carbocycles. The zero-order valence-corrected chi connectivity index (χ0v) is 16.2. The Morgan fingerprint density at radius 2 is 1.96 bits per heavy atom. The topological polar surface area (TPSA) is 44.8 Å². The van der Waals surface area contributed by atoms with Gasteiger partial charge >= 0.3 is 6.03 Å². The summed E-state index contributed by atoms with van der Waals surface area (Å²) in [6, 6.07) is 12.1. The molecule has 1 aromatic carbocycles. The average molecular weight is 362 g/mol. The minimum Gasteiger partial charge on any atom is -0.497 e. The van der Waals surface area contributed by atoms with E-state index in [0.717, 1.165) is 11.3 Å². The first-order valence-electron chi connectivity index (χ1n) is 8.40. The maximum atomic E-state index is 12.5. The Bertz CT molecular complexity index is 641. The van der Waals surface area contributed by atoms with E-state index in [2.05, 4.69) is 16.3 Å². The van der Waals surface area contributed by atoms with Crippen LogP contribution in [0.25, 0.3) is 0 Å². The van der Waals surface area contributed by atoms with Crippen molar-refractivity contribution in [3.63, 3.8) is 0 Å². The van der Waals surface area contributed by atoms with Crippen LogP contribution in [0.2, 0.25) is 0 Å². The first-order valence-corrected chi connectivity index (χ1v) is 9.28. The number of rotatable bonds is 8. The highest BCUT2D eigenvalue weighted by molar-refractivity contribution is 7.09. The van der Waals surface area contributed by atoms with E-state index in [1.165, 1.54) is 4.88 Å². The number of methoxy groups -OCH3 is 1. The van der Waals surface area contributed by atoms with E-state index >= 15 is 0 Å². The molecule has 2 rings (SSSR count). The van der Waals surface area contributed by atoms with Crippen molar-refractivity contribution >= 4 is 17.4 Å². The molecule has 0 aliphatic carbocycles. The first kappa shape index (κ1) is 19.3. The number of nitrogens with zero attached hydrogens (tertiary/aromatic N) is 2. The Morgan fingerprint density at radius 3 is 2.48 bits per heavy atom. The van der Waals surface area contributed by atoms with Crippen LogP contribution in [0, 0.1) is 0 Å². The number of nitrogens with one attached hydrogen (secondary N) is 1. The summed E-state index contributed by atoms with van der Waals surface area (Å²) < 4.78 is 5.21. The number of carbonyl (C=O) groups is 1. The smallest absolute Gasteiger partial charge is 0.317 e. The van der Waals surface area contributed by atoms with Crippen molar-refractivity contribution in [3.05, 3.63) is 52.2 Å². The molecule has 0 aliphatic rings. The summed E-state index contributed by atoms with van der Waals surface area (Å²) in [5.74, 6) is 0.832. The SMILES string of the molecule is CCN(Cc1cccs1)C(=O)NCC(c1ccc(OC)cc1)N(C)C. The summed E-state index contributed by atoms with van der Waals surface area (Å²) in [5, 5.41) is 5.11. The highest BCUT2D eigenvalue weighted by atomic mass is 32.1. The van der Waals surface area contributed by atoms with E-state index in [-0.39, 0.29) is 12.1 Å². The number of carbonyl (C=O) groups excluding carboxylic acids is 1. The lowest BCUT2D eigenvalue weighted by atomic mass is 10.1. The summed E-state index contributed by atoms with van der Waals surface area (Å²) in [6.45, 7) is 3.88. The number of thiophene rings is 1. The van der Waals surface area contributed by atoms with Crippen LogP contribution in [-0.4, -0.2) is 50.1 Å². The van der Waals surface area contributed by atoms with Crippen molar-refractivity contribution < 1.29 is 9.53 Å². The van der Waals surface area contributed by atoms with Crippen LogP contribution in [0.15, 0.2) is 41.8 Å². The monoisotopic (exact) mass is 361 g/mol. The summed E-state index contributed by atoms with van der Waals surface area (Å²) in [4.78, 5) is 17.7. The molecular formula is C19H27N3O2S. The van der Waals surface area contributed by atoms with Crippen molar-refractivity contribution in [1.82, 2.24) is 15.1 Å². The third kappa shape index (κ3) is 5.47. The van der Waals surface area contributed by atoms with E-state index in [9.17, 15) is 4.79 Å². The molecule has 1 atom stereocenters. The standard InChI is InChI=1S/C19H27N3O2S/c1-5-22(14-17-7-6-12-25-17)19(23)20-13-18(21(2)3)15-8-10-16(24-4)11-9-15/h6-12,18H,5,13-14H2,1-4H3,(H,20,23). The summed E-state index contributed by atoms with van der Waals surface area (Å²) in [6.07, 6.45) is 0. The normalized spacial score (nSPS) is 12.0. The Morgan fingerprint density at radius 1 is 1.24 bits per heavy atom. The molecule has 0 aliphatic heterocycles. The molecule has 0 spiro atoms. The Balaban J connectivity index is 1.97. The second-order valence-corrected chi connectivity index (χ2v) is 7.06. The molecule has 5 nitrogen and oxygen atoms in total. The number of hydrogen-bond donors (Lipinski definition) is 1. The van der Waals surface area contributed by atoms with Gasteiger partial charge in [0, 0.05) is 18.0 Å². The van der Waals surface area contributed by atoms with Gasteiger partial charge in [0.2, 0.25) is 0 Å². The Hall–Kier alpha value is -2.05. The maximum Gasteiger partial charge on any atom is 0.317 e. The van der Waals surface area contributed by atoms with Gasteiger partial charge in [-0.1, -0.05) is 18.2 Å². The Kier molecular flexibility index (Phi) is 7.28. The number of hydrogen-bond acceptors (Lipinski definition) is 4. The van der Waals surface area contributed by atoms with Crippen LogP contribution in [0.5, 0.6) is 5.75 Å².